The van der Waals surface area contributed by atoms with Crippen molar-refractivity contribution >= 4 is 23.4 Å². The van der Waals surface area contributed by atoms with Gasteiger partial charge in [-0.2, -0.15) is 5.26 Å². The Hall–Kier alpha value is -2.55. The fourth-order valence-corrected chi connectivity index (χ4v) is 3.28. The number of nitriles is 1. The lowest BCUT2D eigenvalue weighted by Crippen LogP contribution is -2.30. The number of rotatable bonds is 2. The van der Waals surface area contributed by atoms with E-state index >= 15 is 0 Å². The topological polar surface area (TPSA) is 82.4 Å². The van der Waals surface area contributed by atoms with Crippen LogP contribution >= 0.6 is 0 Å². The highest BCUT2D eigenvalue weighted by Gasteiger charge is 2.31. The molecule has 0 aromatic heterocycles. The number of hydrogen-bond donors (Lipinski definition) is 1. The first-order chi connectivity index (χ1) is 11.6. The summed E-state index contributed by atoms with van der Waals surface area (Å²) in [5.41, 5.74) is 4.41. The third kappa shape index (κ3) is 3.76. The van der Waals surface area contributed by atoms with Crippen LogP contribution < -0.4 is 10.2 Å². The molecule has 1 aliphatic heterocycles. The minimum atomic E-state index is -0.623. The van der Waals surface area contributed by atoms with E-state index in [-0.39, 0.29) is 12.3 Å². The summed E-state index contributed by atoms with van der Waals surface area (Å²) >= 11 is 0. The van der Waals surface area contributed by atoms with Gasteiger partial charge < -0.3 is 9.64 Å². The Bertz CT molecular complexity index is 770. The molecule has 134 valence electrons. The zero-order valence-electron chi connectivity index (χ0n) is 15.7. The highest BCUT2D eigenvalue weighted by Crippen LogP contribution is 2.42. The monoisotopic (exact) mass is 343 g/mol. The van der Waals surface area contributed by atoms with Crippen LogP contribution in [0.3, 0.4) is 0 Å². The molecule has 1 heterocycles. The summed E-state index contributed by atoms with van der Waals surface area (Å²) < 4.78 is 5.36. The number of hydrogen-bond acceptors (Lipinski definition) is 4. The van der Waals surface area contributed by atoms with Gasteiger partial charge in [0.2, 0.25) is 5.91 Å². The van der Waals surface area contributed by atoms with E-state index in [0.717, 1.165) is 27.9 Å². The number of benzene rings is 1. The maximum absolute atomic E-state index is 12.3. The third-order valence-corrected chi connectivity index (χ3v) is 4.37. The van der Waals surface area contributed by atoms with Crippen molar-refractivity contribution in [3.05, 3.63) is 22.3 Å². The SMILES string of the molecule is CC(=O)N1CCc2c(C)c(CC#N)c(C)c(NC(=O)OC(C)(C)C)c21. The Morgan fingerprint density at radius 1 is 1.28 bits per heavy atom. The summed E-state index contributed by atoms with van der Waals surface area (Å²) in [6, 6.07) is 2.19. The highest BCUT2D eigenvalue weighted by atomic mass is 16.6. The van der Waals surface area contributed by atoms with Crippen molar-refractivity contribution in [3.8, 4) is 6.07 Å². The van der Waals surface area contributed by atoms with Crippen molar-refractivity contribution in [2.75, 3.05) is 16.8 Å². The average Bonchev–Trinajstić information content (AvgIpc) is 2.91. The van der Waals surface area contributed by atoms with Crippen molar-refractivity contribution in [2.24, 2.45) is 0 Å². The van der Waals surface area contributed by atoms with E-state index in [0.29, 0.717) is 18.7 Å². The van der Waals surface area contributed by atoms with Gasteiger partial charge in [-0.15, -0.1) is 0 Å². The number of carbonyl (C=O) groups is 2. The van der Waals surface area contributed by atoms with Gasteiger partial charge in [0.1, 0.15) is 5.60 Å². The second-order valence-electron chi connectivity index (χ2n) is 7.31. The summed E-state index contributed by atoms with van der Waals surface area (Å²) in [6.45, 7) is 11.3. The average molecular weight is 343 g/mol. The maximum atomic E-state index is 12.3. The number of amides is 2. The van der Waals surface area contributed by atoms with Gasteiger partial charge in [-0.3, -0.25) is 10.1 Å². The predicted octanol–water partition coefficient (Wildman–Crippen LogP) is 3.63. The Balaban J connectivity index is 2.59. The molecule has 0 saturated heterocycles. The zero-order valence-corrected chi connectivity index (χ0v) is 15.7. The molecule has 2 rings (SSSR count). The van der Waals surface area contributed by atoms with Gasteiger partial charge in [0.15, 0.2) is 0 Å². The summed E-state index contributed by atoms with van der Waals surface area (Å²) in [4.78, 5) is 26.0. The Labute approximate surface area is 148 Å². The number of nitrogens with zero attached hydrogens (tertiary/aromatic N) is 2. The first-order valence-corrected chi connectivity index (χ1v) is 8.36. The second-order valence-corrected chi connectivity index (χ2v) is 7.31. The van der Waals surface area contributed by atoms with Gasteiger partial charge in [0, 0.05) is 13.5 Å². The first-order valence-electron chi connectivity index (χ1n) is 8.36. The number of nitrogens with one attached hydrogen (secondary N) is 1. The first kappa shape index (κ1) is 18.8. The smallest absolute Gasteiger partial charge is 0.412 e. The number of anilines is 2. The molecule has 6 nitrogen and oxygen atoms in total. The van der Waals surface area contributed by atoms with Gasteiger partial charge in [-0.05, 0) is 63.3 Å². The van der Waals surface area contributed by atoms with E-state index < -0.39 is 11.7 Å². The number of fused-ring (bicyclic) bond motifs is 1. The third-order valence-electron chi connectivity index (χ3n) is 4.37. The molecule has 0 atom stereocenters. The molecule has 1 aliphatic rings. The summed E-state index contributed by atoms with van der Waals surface area (Å²) in [5.74, 6) is -0.0715. The van der Waals surface area contributed by atoms with Crippen LogP contribution in [0.25, 0.3) is 0 Å². The lowest BCUT2D eigenvalue weighted by molar-refractivity contribution is -0.116. The van der Waals surface area contributed by atoms with E-state index in [9.17, 15) is 9.59 Å². The summed E-state index contributed by atoms with van der Waals surface area (Å²) in [7, 11) is 0. The van der Waals surface area contributed by atoms with Crippen molar-refractivity contribution in [1.29, 1.82) is 5.26 Å². The van der Waals surface area contributed by atoms with Gasteiger partial charge in [0.25, 0.3) is 0 Å². The fourth-order valence-electron chi connectivity index (χ4n) is 3.28. The largest absolute Gasteiger partial charge is 0.444 e. The van der Waals surface area contributed by atoms with E-state index in [1.807, 2.05) is 13.8 Å². The van der Waals surface area contributed by atoms with Crippen molar-refractivity contribution < 1.29 is 14.3 Å². The molecule has 0 saturated carbocycles. The van der Waals surface area contributed by atoms with Crippen molar-refractivity contribution in [2.45, 2.75) is 60.0 Å². The quantitative estimate of drug-likeness (QED) is 0.889. The lowest BCUT2D eigenvalue weighted by Gasteiger charge is -2.25. The zero-order chi connectivity index (χ0) is 18.9. The van der Waals surface area contributed by atoms with Crippen LogP contribution in [0.2, 0.25) is 0 Å². The molecular weight excluding hydrogens is 318 g/mol. The Morgan fingerprint density at radius 2 is 1.92 bits per heavy atom. The van der Waals surface area contributed by atoms with E-state index in [1.54, 1.807) is 25.7 Å². The van der Waals surface area contributed by atoms with Crippen LogP contribution in [-0.4, -0.2) is 24.1 Å². The molecular formula is C19H25N3O3. The summed E-state index contributed by atoms with van der Waals surface area (Å²) in [6.07, 6.45) is 0.399. The van der Waals surface area contributed by atoms with Gasteiger partial charge in [-0.1, -0.05) is 0 Å². The predicted molar refractivity (Wildman–Crippen MR) is 96.8 cm³/mol. The molecule has 6 heteroatoms. The molecule has 1 aromatic rings. The molecule has 1 N–H and O–H groups in total. The van der Waals surface area contributed by atoms with E-state index in [1.165, 1.54) is 6.92 Å². The highest BCUT2D eigenvalue weighted by molar-refractivity contribution is 6.02. The van der Waals surface area contributed by atoms with Crippen LogP contribution in [0.4, 0.5) is 16.2 Å². The maximum Gasteiger partial charge on any atom is 0.412 e. The minimum absolute atomic E-state index is 0.0715. The number of ether oxygens (including phenoxy) is 1. The lowest BCUT2D eigenvalue weighted by atomic mass is 9.92. The van der Waals surface area contributed by atoms with E-state index in [2.05, 4.69) is 11.4 Å². The van der Waals surface area contributed by atoms with Gasteiger partial charge in [0.05, 0.1) is 23.9 Å². The van der Waals surface area contributed by atoms with Crippen LogP contribution in [0.5, 0.6) is 0 Å². The fraction of sp³-hybridized carbons (Fsp3) is 0.526. The number of carbonyl (C=O) groups excluding carboxylic acids is 2. The van der Waals surface area contributed by atoms with Crippen molar-refractivity contribution in [3.63, 3.8) is 0 Å². The molecule has 0 bridgehead atoms. The van der Waals surface area contributed by atoms with Crippen LogP contribution in [0, 0.1) is 25.2 Å². The molecule has 0 unspecified atom stereocenters. The summed E-state index contributed by atoms with van der Waals surface area (Å²) in [5, 5.41) is 12.0. The Morgan fingerprint density at radius 3 is 2.44 bits per heavy atom. The van der Waals surface area contributed by atoms with Crippen LogP contribution in [0.1, 0.15) is 49.9 Å². The minimum Gasteiger partial charge on any atom is -0.444 e. The molecule has 2 amide bonds. The van der Waals surface area contributed by atoms with Gasteiger partial charge >= 0.3 is 6.09 Å². The van der Waals surface area contributed by atoms with Crippen LogP contribution in [0.15, 0.2) is 0 Å². The molecule has 0 fully saturated rings. The normalized spacial score (nSPS) is 13.2. The molecule has 0 radical (unpaired) electrons. The molecule has 25 heavy (non-hydrogen) atoms. The standard InChI is InChI=1S/C19H25N3O3/c1-11-14(7-9-20)12(2)16(21-18(24)25-19(4,5)6)17-15(11)8-10-22(17)13(3)23/h7-8,10H2,1-6H3,(H,21,24). The molecule has 1 aromatic carbocycles. The second kappa shape index (κ2) is 6.75. The van der Waals surface area contributed by atoms with Crippen molar-refractivity contribution in [1.82, 2.24) is 0 Å². The van der Waals surface area contributed by atoms with Crippen LogP contribution in [-0.2, 0) is 22.4 Å². The van der Waals surface area contributed by atoms with Gasteiger partial charge in [-0.25, -0.2) is 4.79 Å². The Kier molecular flexibility index (Phi) is 5.07. The molecule has 0 spiro atoms. The van der Waals surface area contributed by atoms with E-state index in [4.69, 9.17) is 10.00 Å². The molecule has 0 aliphatic carbocycles.